The van der Waals surface area contributed by atoms with Gasteiger partial charge in [-0.25, -0.2) is 0 Å². The average Bonchev–Trinajstić information content (AvgIpc) is 2.50. The number of nitrogens with two attached hydrogens (primary N) is 1. The zero-order valence-electron chi connectivity index (χ0n) is 13.0. The van der Waals surface area contributed by atoms with Gasteiger partial charge in [0.05, 0.1) is 0 Å². The van der Waals surface area contributed by atoms with Gasteiger partial charge >= 0.3 is 0 Å². The van der Waals surface area contributed by atoms with Gasteiger partial charge in [-0.1, -0.05) is 45.5 Å². The van der Waals surface area contributed by atoms with E-state index >= 15 is 0 Å². The Bertz CT molecular complexity index is 623. The molecule has 4 heteroatoms. The molecular weight excluding hydrogens is 641 g/mol. The molecule has 0 bridgehead atoms. The molecule has 2 nitrogen and oxygen atoms in total. The molecule has 0 aliphatic rings. The molecule has 2 aromatic carbocycles. The third kappa shape index (κ3) is 7.48. The van der Waals surface area contributed by atoms with Crippen LogP contribution in [-0.4, -0.2) is 4.98 Å². The molecule has 0 unspecified atom stereocenters. The fourth-order valence-electron chi connectivity index (χ4n) is 1.87. The maximum absolute atomic E-state index is 4.45. The van der Waals surface area contributed by atoms with Crippen molar-refractivity contribution in [2.75, 3.05) is 0 Å². The first-order chi connectivity index (χ1) is 8.95. The summed E-state index contributed by atoms with van der Waals surface area (Å²) in [6.07, 6.45) is 1.85. The van der Waals surface area contributed by atoms with Gasteiger partial charge in [-0.15, -0.1) is 35.9 Å². The summed E-state index contributed by atoms with van der Waals surface area (Å²) >= 11 is 0. The normalized spacial score (nSPS) is 7.57. The first-order valence-electron chi connectivity index (χ1n) is 6.26. The average molecular weight is 666 g/mol. The number of hydrogen-bond acceptors (Lipinski definition) is 1. The molecule has 132 valence electrons. The summed E-state index contributed by atoms with van der Waals surface area (Å²) in [5.74, 6) is 0. The second-order valence-corrected chi connectivity index (χ2v) is 3.66. The number of benzene rings is 2. The van der Waals surface area contributed by atoms with E-state index in [0.717, 1.165) is 11.3 Å². The Morgan fingerprint density at radius 2 is 1.48 bits per heavy atom. The van der Waals surface area contributed by atoms with Gasteiger partial charge < -0.3 is 18.6 Å². The summed E-state index contributed by atoms with van der Waals surface area (Å²) in [5.41, 5.74) is 2.04. The van der Waals surface area contributed by atoms with E-state index in [1.54, 1.807) is 0 Å². The minimum Gasteiger partial charge on any atom is -0.693 e. The number of pyridine rings is 1. The monoisotopic (exact) mass is 667 g/mol. The molecule has 0 atom stereocenters. The molecule has 1 heterocycles. The van der Waals surface area contributed by atoms with E-state index in [-0.39, 0.29) is 61.2 Å². The molecule has 0 saturated heterocycles. The predicted molar refractivity (Wildman–Crippen MR) is 95.8 cm³/mol. The molecule has 1 aromatic heterocycles. The smallest absolute Gasteiger partial charge is 0.0167 e. The van der Waals surface area contributed by atoms with E-state index in [1.807, 2.05) is 62.5 Å². The molecule has 0 saturated carbocycles. The van der Waals surface area contributed by atoms with Crippen LogP contribution in [0.3, 0.4) is 0 Å². The number of rotatable bonds is 1. The van der Waals surface area contributed by atoms with Crippen LogP contribution in [0.2, 0.25) is 0 Å². The summed E-state index contributed by atoms with van der Waals surface area (Å²) in [5, 5.41) is 2.39. The van der Waals surface area contributed by atoms with E-state index < -0.39 is 0 Å². The van der Waals surface area contributed by atoms with Crippen LogP contribution in [0.15, 0.2) is 60.8 Å². The van der Waals surface area contributed by atoms with Gasteiger partial charge in [0.2, 0.25) is 0 Å². The molecule has 0 fully saturated rings. The second-order valence-electron chi connectivity index (χ2n) is 3.66. The van der Waals surface area contributed by atoms with Crippen LogP contribution in [0.5, 0.6) is 0 Å². The second kappa shape index (κ2) is 16.0. The summed E-state index contributed by atoms with van der Waals surface area (Å²) in [6, 6.07) is 21.4. The van der Waals surface area contributed by atoms with E-state index in [2.05, 4.69) is 23.2 Å². The molecule has 2 N–H and O–H groups in total. The van der Waals surface area contributed by atoms with Gasteiger partial charge in [0.1, 0.15) is 0 Å². The fraction of sp³-hybridized carbons (Fsp3) is 0.158. The van der Waals surface area contributed by atoms with Gasteiger partial charge in [0.25, 0.3) is 0 Å². The molecule has 23 heavy (non-hydrogen) atoms. The maximum Gasteiger partial charge on any atom is 0.0167 e. The van der Waals surface area contributed by atoms with E-state index in [0.29, 0.717) is 0 Å². The standard InChI is InChI=1S/C15H10N.C2H6.CH4.CH3.2Ir.H2N/c1-2-7-13(8-3-1)15-14-9-5-4-6-12(14)10-11-16-15;1-2;;;;;/h1-7,9-11H;1-2H3;1H4;1H3;;;1H2/q-1;;;-1;;;-1. The third-order valence-corrected chi connectivity index (χ3v) is 2.64. The van der Waals surface area contributed by atoms with Crippen molar-refractivity contribution < 1.29 is 40.2 Å². The summed E-state index contributed by atoms with van der Waals surface area (Å²) < 4.78 is 0. The van der Waals surface area contributed by atoms with Crippen LogP contribution >= 0.6 is 0 Å². The van der Waals surface area contributed by atoms with Gasteiger partial charge in [-0.05, 0) is 22.5 Å². The van der Waals surface area contributed by atoms with Gasteiger partial charge in [0, 0.05) is 46.4 Å². The van der Waals surface area contributed by atoms with E-state index in [1.165, 1.54) is 10.8 Å². The van der Waals surface area contributed by atoms with Crippen molar-refractivity contribution in [1.82, 2.24) is 4.98 Å². The topological polar surface area (TPSA) is 46.4 Å². The van der Waals surface area contributed by atoms with Crippen molar-refractivity contribution in [2.45, 2.75) is 21.3 Å². The first kappa shape index (κ1) is 30.0. The van der Waals surface area contributed by atoms with Crippen molar-refractivity contribution in [3.05, 3.63) is 80.4 Å². The van der Waals surface area contributed by atoms with Crippen molar-refractivity contribution >= 4 is 10.8 Å². The molecule has 2 radical (unpaired) electrons. The van der Waals surface area contributed by atoms with Crippen LogP contribution in [0.1, 0.15) is 21.3 Å². The summed E-state index contributed by atoms with van der Waals surface area (Å²) in [7, 11) is 0. The SMILES string of the molecule is C.CC.[CH3-].[Ir].[Ir].[NH2-].[c-]1ccccc1-c1nccc2ccccc12. The number of nitrogens with zero attached hydrogens (tertiary/aromatic N) is 1. The van der Waals surface area contributed by atoms with Gasteiger partial charge in [-0.2, -0.15) is 0 Å². The van der Waals surface area contributed by atoms with Crippen LogP contribution in [0.4, 0.5) is 0 Å². The molecule has 0 aliphatic carbocycles. The maximum atomic E-state index is 4.45. The van der Waals surface area contributed by atoms with Crippen LogP contribution in [-0.2, 0) is 40.2 Å². The largest absolute Gasteiger partial charge is 0.693 e. The van der Waals surface area contributed by atoms with Crippen molar-refractivity contribution in [2.24, 2.45) is 0 Å². The Morgan fingerprint density at radius 1 is 0.870 bits per heavy atom. The van der Waals surface area contributed by atoms with E-state index in [9.17, 15) is 0 Å². The Labute approximate surface area is 168 Å². The quantitative estimate of drug-likeness (QED) is 0.273. The van der Waals surface area contributed by atoms with Crippen LogP contribution in [0, 0.1) is 13.5 Å². The van der Waals surface area contributed by atoms with Gasteiger partial charge in [0.15, 0.2) is 0 Å². The Hall–Kier alpha value is -0.891. The van der Waals surface area contributed by atoms with Crippen molar-refractivity contribution in [3.8, 4) is 11.3 Å². The van der Waals surface area contributed by atoms with Crippen LogP contribution < -0.4 is 0 Å². The minimum absolute atomic E-state index is 0. The molecule has 3 aromatic rings. The Kier molecular flexibility index (Phi) is 20.9. The molecular formula is C19H25Ir2N2-3. The Morgan fingerprint density at radius 3 is 2.09 bits per heavy atom. The molecule has 0 amide bonds. The molecule has 3 rings (SSSR count). The van der Waals surface area contributed by atoms with E-state index in [4.69, 9.17) is 0 Å². The fourth-order valence-corrected chi connectivity index (χ4v) is 1.87. The van der Waals surface area contributed by atoms with Crippen molar-refractivity contribution in [3.63, 3.8) is 0 Å². The van der Waals surface area contributed by atoms with Crippen LogP contribution in [0.25, 0.3) is 28.2 Å². The summed E-state index contributed by atoms with van der Waals surface area (Å²) in [6.45, 7) is 4.00. The number of hydrogen-bond donors (Lipinski definition) is 0. The molecule has 0 aliphatic heterocycles. The number of fused-ring (bicyclic) bond motifs is 1. The Balaban J connectivity index is -0.000000249. The first-order valence-corrected chi connectivity index (χ1v) is 6.26. The number of aromatic nitrogens is 1. The van der Waals surface area contributed by atoms with Gasteiger partial charge in [-0.3, -0.25) is 0 Å². The predicted octanol–water partition coefficient (Wildman–Crippen LogP) is 6.53. The molecule has 0 spiro atoms. The summed E-state index contributed by atoms with van der Waals surface area (Å²) in [4.78, 5) is 4.45. The minimum atomic E-state index is 0. The zero-order chi connectivity index (χ0) is 12.8. The van der Waals surface area contributed by atoms with Crippen molar-refractivity contribution in [1.29, 1.82) is 0 Å². The third-order valence-electron chi connectivity index (χ3n) is 2.64. The zero-order valence-corrected chi connectivity index (χ0v) is 17.8.